The average molecular weight is 438 g/mol. The standard InChI is InChI=1S/C20H24BrNO5/c1-14(10-11-23)19(17-4-2-3-5-18(17)26-13-12-24)27-20(25)22-16-8-6-15(21)7-9-16/h2-9,14,19,23-24H,10-13H2,1H3,(H,22,25)/t14-,19+/m1/s1. The molecular formula is C20H24BrNO5. The first kappa shape index (κ1) is 21.2. The molecule has 0 bridgehead atoms. The summed E-state index contributed by atoms with van der Waals surface area (Å²) >= 11 is 3.35. The molecule has 0 saturated carbocycles. The van der Waals surface area contributed by atoms with Gasteiger partial charge in [-0.15, -0.1) is 0 Å². The van der Waals surface area contributed by atoms with Gasteiger partial charge in [-0.3, -0.25) is 5.32 Å². The van der Waals surface area contributed by atoms with Crippen LogP contribution >= 0.6 is 15.9 Å². The van der Waals surface area contributed by atoms with Gasteiger partial charge in [0.05, 0.1) is 6.61 Å². The number of amides is 1. The van der Waals surface area contributed by atoms with Crippen molar-refractivity contribution in [3.8, 4) is 5.75 Å². The fourth-order valence-electron chi connectivity index (χ4n) is 2.64. The second-order valence-corrected chi connectivity index (χ2v) is 6.97. The van der Waals surface area contributed by atoms with Gasteiger partial charge in [-0.25, -0.2) is 4.79 Å². The Morgan fingerprint density at radius 2 is 1.81 bits per heavy atom. The Balaban J connectivity index is 2.19. The highest BCUT2D eigenvalue weighted by Gasteiger charge is 2.26. The van der Waals surface area contributed by atoms with Crippen molar-refractivity contribution >= 4 is 27.7 Å². The van der Waals surface area contributed by atoms with Crippen LogP contribution < -0.4 is 10.1 Å². The van der Waals surface area contributed by atoms with Crippen molar-refractivity contribution in [1.29, 1.82) is 0 Å². The number of anilines is 1. The van der Waals surface area contributed by atoms with E-state index in [1.165, 1.54) is 0 Å². The maximum absolute atomic E-state index is 12.4. The lowest BCUT2D eigenvalue weighted by Crippen LogP contribution is -2.23. The topological polar surface area (TPSA) is 88.0 Å². The lowest BCUT2D eigenvalue weighted by Gasteiger charge is -2.26. The molecule has 27 heavy (non-hydrogen) atoms. The molecule has 0 unspecified atom stereocenters. The summed E-state index contributed by atoms with van der Waals surface area (Å²) in [7, 11) is 0. The van der Waals surface area contributed by atoms with Crippen LogP contribution in [0.2, 0.25) is 0 Å². The molecule has 0 heterocycles. The third kappa shape index (κ3) is 6.53. The highest BCUT2D eigenvalue weighted by Crippen LogP contribution is 2.35. The van der Waals surface area contributed by atoms with Crippen molar-refractivity contribution < 1.29 is 24.5 Å². The molecule has 2 rings (SSSR count). The van der Waals surface area contributed by atoms with Crippen LogP contribution in [-0.2, 0) is 4.74 Å². The van der Waals surface area contributed by atoms with Crippen LogP contribution in [0, 0.1) is 5.92 Å². The van der Waals surface area contributed by atoms with E-state index in [-0.39, 0.29) is 25.7 Å². The molecule has 6 nitrogen and oxygen atoms in total. The van der Waals surface area contributed by atoms with Gasteiger partial charge in [0.25, 0.3) is 0 Å². The number of hydrogen-bond donors (Lipinski definition) is 3. The first-order valence-electron chi connectivity index (χ1n) is 8.71. The molecule has 0 saturated heterocycles. The third-order valence-electron chi connectivity index (χ3n) is 4.00. The summed E-state index contributed by atoms with van der Waals surface area (Å²) < 4.78 is 12.2. The number of carbonyl (C=O) groups is 1. The number of nitrogens with one attached hydrogen (secondary N) is 1. The van der Waals surface area contributed by atoms with Gasteiger partial charge in [0.15, 0.2) is 0 Å². The van der Waals surface area contributed by atoms with Crippen LogP contribution in [-0.4, -0.2) is 36.1 Å². The summed E-state index contributed by atoms with van der Waals surface area (Å²) in [6, 6.07) is 14.4. The van der Waals surface area contributed by atoms with Crippen molar-refractivity contribution in [1.82, 2.24) is 0 Å². The number of carbonyl (C=O) groups excluding carboxylic acids is 1. The van der Waals surface area contributed by atoms with E-state index >= 15 is 0 Å². The lowest BCUT2D eigenvalue weighted by molar-refractivity contribution is 0.0641. The SMILES string of the molecule is C[C@H](CCO)[C@H](OC(=O)Nc1ccc(Br)cc1)c1ccccc1OCCO. The van der Waals surface area contributed by atoms with Gasteiger partial charge in [0, 0.05) is 22.3 Å². The number of halogens is 1. The Bertz CT molecular complexity index is 723. The second-order valence-electron chi connectivity index (χ2n) is 6.06. The molecule has 1 amide bonds. The van der Waals surface area contributed by atoms with Gasteiger partial charge < -0.3 is 19.7 Å². The van der Waals surface area contributed by atoms with Crippen LogP contribution in [0.4, 0.5) is 10.5 Å². The highest BCUT2D eigenvalue weighted by atomic mass is 79.9. The van der Waals surface area contributed by atoms with Gasteiger partial charge in [-0.2, -0.15) is 0 Å². The van der Waals surface area contributed by atoms with Crippen LogP contribution in [0.3, 0.4) is 0 Å². The minimum absolute atomic E-state index is 0.0188. The maximum atomic E-state index is 12.4. The molecule has 2 atom stereocenters. The Hall–Kier alpha value is -2.09. The first-order valence-corrected chi connectivity index (χ1v) is 9.51. The van der Waals surface area contributed by atoms with Gasteiger partial charge in [-0.05, 0) is 42.7 Å². The van der Waals surface area contributed by atoms with E-state index in [9.17, 15) is 9.90 Å². The van der Waals surface area contributed by atoms with Crippen LogP contribution in [0.15, 0.2) is 53.0 Å². The molecule has 2 aromatic carbocycles. The molecule has 3 N–H and O–H groups in total. The molecule has 0 spiro atoms. The number of hydrogen-bond acceptors (Lipinski definition) is 5. The Kier molecular flexibility index (Phi) is 8.57. The normalized spacial score (nSPS) is 12.9. The minimum atomic E-state index is -0.609. The summed E-state index contributed by atoms with van der Waals surface area (Å²) in [5.41, 5.74) is 1.31. The predicted octanol–water partition coefficient (Wildman–Crippen LogP) is 4.13. The zero-order valence-corrected chi connectivity index (χ0v) is 16.7. The molecule has 0 aliphatic carbocycles. The molecule has 0 aromatic heterocycles. The summed E-state index contributed by atoms with van der Waals surface area (Å²) in [6.07, 6.45) is -0.739. The number of ether oxygens (including phenoxy) is 2. The molecule has 7 heteroatoms. The second kappa shape index (κ2) is 10.9. The van der Waals surface area contributed by atoms with Gasteiger partial charge in [0.2, 0.25) is 0 Å². The molecular weight excluding hydrogens is 414 g/mol. The number of aliphatic hydroxyl groups is 2. The number of aliphatic hydroxyl groups excluding tert-OH is 2. The third-order valence-corrected chi connectivity index (χ3v) is 4.53. The molecule has 2 aromatic rings. The Morgan fingerprint density at radius 3 is 2.48 bits per heavy atom. The largest absolute Gasteiger partial charge is 0.491 e. The zero-order chi connectivity index (χ0) is 19.6. The predicted molar refractivity (Wildman–Crippen MR) is 107 cm³/mol. The van der Waals surface area contributed by atoms with Crippen LogP contribution in [0.5, 0.6) is 5.75 Å². The molecule has 0 aliphatic rings. The quantitative estimate of drug-likeness (QED) is 0.548. The molecule has 0 aliphatic heterocycles. The fourth-order valence-corrected chi connectivity index (χ4v) is 2.90. The fraction of sp³-hybridized carbons (Fsp3) is 0.350. The lowest BCUT2D eigenvalue weighted by atomic mass is 9.94. The molecule has 0 radical (unpaired) electrons. The Labute approximate surface area is 167 Å². The van der Waals surface area contributed by atoms with Crippen molar-refractivity contribution in [2.24, 2.45) is 5.92 Å². The van der Waals surface area contributed by atoms with E-state index in [0.717, 1.165) is 4.47 Å². The van der Waals surface area contributed by atoms with E-state index in [4.69, 9.17) is 14.6 Å². The van der Waals surface area contributed by atoms with Gasteiger partial charge >= 0.3 is 6.09 Å². The van der Waals surface area contributed by atoms with Crippen molar-refractivity contribution in [3.63, 3.8) is 0 Å². The number of rotatable bonds is 9. The summed E-state index contributed by atoms with van der Waals surface area (Å²) in [6.45, 7) is 1.91. The minimum Gasteiger partial charge on any atom is -0.491 e. The maximum Gasteiger partial charge on any atom is 0.412 e. The smallest absolute Gasteiger partial charge is 0.412 e. The number of benzene rings is 2. The number of para-hydroxylation sites is 1. The van der Waals surface area contributed by atoms with E-state index in [1.807, 2.05) is 37.3 Å². The van der Waals surface area contributed by atoms with Crippen LogP contribution in [0.1, 0.15) is 25.0 Å². The van der Waals surface area contributed by atoms with E-state index in [2.05, 4.69) is 21.2 Å². The van der Waals surface area contributed by atoms with Crippen molar-refractivity contribution in [2.75, 3.05) is 25.1 Å². The van der Waals surface area contributed by atoms with Crippen molar-refractivity contribution in [3.05, 3.63) is 58.6 Å². The van der Waals surface area contributed by atoms with E-state index in [0.29, 0.717) is 23.4 Å². The monoisotopic (exact) mass is 437 g/mol. The summed E-state index contributed by atoms with van der Waals surface area (Å²) in [5, 5.41) is 21.0. The van der Waals surface area contributed by atoms with Crippen molar-refractivity contribution in [2.45, 2.75) is 19.4 Å². The molecule has 146 valence electrons. The zero-order valence-electron chi connectivity index (χ0n) is 15.1. The molecule has 0 fully saturated rings. The van der Waals surface area contributed by atoms with Gasteiger partial charge in [-0.1, -0.05) is 41.1 Å². The summed E-state index contributed by atoms with van der Waals surface area (Å²) in [5.74, 6) is 0.405. The first-order chi connectivity index (χ1) is 13.0. The van der Waals surface area contributed by atoms with E-state index in [1.54, 1.807) is 18.2 Å². The summed E-state index contributed by atoms with van der Waals surface area (Å²) in [4.78, 5) is 12.4. The average Bonchev–Trinajstić information content (AvgIpc) is 2.67. The van der Waals surface area contributed by atoms with E-state index < -0.39 is 12.2 Å². The highest BCUT2D eigenvalue weighted by molar-refractivity contribution is 9.10. The van der Waals surface area contributed by atoms with Crippen LogP contribution in [0.25, 0.3) is 0 Å². The Morgan fingerprint density at radius 1 is 1.11 bits per heavy atom. The van der Waals surface area contributed by atoms with Gasteiger partial charge in [0.1, 0.15) is 18.5 Å².